The van der Waals surface area contributed by atoms with E-state index in [9.17, 15) is 13.6 Å². The summed E-state index contributed by atoms with van der Waals surface area (Å²) in [7, 11) is 0. The van der Waals surface area contributed by atoms with Crippen molar-refractivity contribution in [3.05, 3.63) is 63.6 Å². The van der Waals surface area contributed by atoms with Gasteiger partial charge in [-0.05, 0) is 30.3 Å². The van der Waals surface area contributed by atoms with Crippen LogP contribution in [0.1, 0.15) is 10.4 Å². The van der Waals surface area contributed by atoms with Gasteiger partial charge in [-0.15, -0.1) is 0 Å². The van der Waals surface area contributed by atoms with E-state index in [1.807, 2.05) is 0 Å². The van der Waals surface area contributed by atoms with Gasteiger partial charge in [0.25, 0.3) is 5.91 Å². The molecule has 1 aliphatic heterocycles. The van der Waals surface area contributed by atoms with Crippen LogP contribution in [0.2, 0.25) is 10.0 Å². The largest absolute Gasteiger partial charge is 0.363 e. The summed E-state index contributed by atoms with van der Waals surface area (Å²) in [4.78, 5) is 15.7. The zero-order valence-corrected chi connectivity index (χ0v) is 14.1. The Labute approximate surface area is 148 Å². The van der Waals surface area contributed by atoms with Gasteiger partial charge in [-0.1, -0.05) is 29.3 Å². The van der Waals surface area contributed by atoms with Crippen molar-refractivity contribution >= 4 is 34.8 Å². The highest BCUT2D eigenvalue weighted by molar-refractivity contribution is 6.42. The van der Waals surface area contributed by atoms with E-state index in [0.29, 0.717) is 41.8 Å². The molecule has 1 aliphatic rings. The van der Waals surface area contributed by atoms with E-state index in [0.717, 1.165) is 0 Å². The second kappa shape index (κ2) is 6.95. The molecular formula is C17H14Cl2F2N2O. The topological polar surface area (TPSA) is 23.6 Å². The van der Waals surface area contributed by atoms with Crippen LogP contribution in [0.4, 0.5) is 14.5 Å². The molecule has 2 aromatic rings. The number of halogens is 4. The second-order valence-corrected chi connectivity index (χ2v) is 6.29. The fourth-order valence-electron chi connectivity index (χ4n) is 2.74. The number of piperazine rings is 1. The van der Waals surface area contributed by atoms with Crippen molar-refractivity contribution in [2.75, 3.05) is 31.1 Å². The molecule has 0 bridgehead atoms. The molecule has 0 saturated carbocycles. The standard InChI is InChI=1S/C17H14Cl2F2N2O/c18-12-5-4-11(10-13(12)19)17(24)23-8-6-22(7-9-23)16-14(20)2-1-3-15(16)21/h1-5,10H,6-9H2. The maximum Gasteiger partial charge on any atom is 0.254 e. The molecule has 3 nitrogen and oxygen atoms in total. The number of carbonyl (C=O) groups excluding carboxylic acids is 1. The third kappa shape index (κ3) is 3.32. The summed E-state index contributed by atoms with van der Waals surface area (Å²) in [5.74, 6) is -1.37. The number of para-hydroxylation sites is 1. The van der Waals surface area contributed by atoms with Crippen LogP contribution in [0.25, 0.3) is 0 Å². The normalized spacial score (nSPS) is 14.8. The van der Waals surface area contributed by atoms with Crippen LogP contribution in [0.5, 0.6) is 0 Å². The van der Waals surface area contributed by atoms with Crippen molar-refractivity contribution in [2.45, 2.75) is 0 Å². The predicted octanol–water partition coefficient (Wildman–Crippen LogP) is 4.23. The average Bonchev–Trinajstić information content (AvgIpc) is 2.57. The van der Waals surface area contributed by atoms with Gasteiger partial charge in [0.2, 0.25) is 0 Å². The molecule has 126 valence electrons. The highest BCUT2D eigenvalue weighted by Gasteiger charge is 2.25. The first-order valence-corrected chi connectivity index (χ1v) is 8.16. The Bertz CT molecular complexity index is 757. The SMILES string of the molecule is O=C(c1ccc(Cl)c(Cl)c1)N1CCN(c2c(F)cccc2F)CC1. The van der Waals surface area contributed by atoms with Crippen LogP contribution in [-0.4, -0.2) is 37.0 Å². The molecule has 0 spiro atoms. The summed E-state index contributed by atoms with van der Waals surface area (Å²) >= 11 is 11.8. The summed E-state index contributed by atoms with van der Waals surface area (Å²) in [6, 6.07) is 8.49. The lowest BCUT2D eigenvalue weighted by Crippen LogP contribution is -2.49. The third-order valence-corrected chi connectivity index (χ3v) is 4.73. The first-order valence-electron chi connectivity index (χ1n) is 7.40. The maximum absolute atomic E-state index is 13.8. The van der Waals surface area contributed by atoms with Gasteiger partial charge in [0.05, 0.1) is 10.0 Å². The van der Waals surface area contributed by atoms with Crippen LogP contribution >= 0.6 is 23.2 Å². The van der Waals surface area contributed by atoms with E-state index in [1.165, 1.54) is 24.3 Å². The zero-order chi connectivity index (χ0) is 17.3. The van der Waals surface area contributed by atoms with Gasteiger partial charge in [-0.3, -0.25) is 4.79 Å². The summed E-state index contributed by atoms with van der Waals surface area (Å²) in [6.45, 7) is 1.44. The minimum Gasteiger partial charge on any atom is -0.363 e. The number of hydrogen-bond acceptors (Lipinski definition) is 2. The molecule has 0 N–H and O–H groups in total. The number of hydrogen-bond donors (Lipinski definition) is 0. The van der Waals surface area contributed by atoms with Gasteiger partial charge in [0.15, 0.2) is 0 Å². The van der Waals surface area contributed by atoms with Gasteiger partial charge < -0.3 is 9.80 Å². The Kier molecular flexibility index (Phi) is 4.92. The Morgan fingerprint density at radius 2 is 1.54 bits per heavy atom. The van der Waals surface area contributed by atoms with Gasteiger partial charge in [0.1, 0.15) is 17.3 Å². The van der Waals surface area contributed by atoms with Crippen molar-refractivity contribution in [2.24, 2.45) is 0 Å². The van der Waals surface area contributed by atoms with Crippen molar-refractivity contribution in [1.82, 2.24) is 4.90 Å². The molecule has 7 heteroatoms. The van der Waals surface area contributed by atoms with Crippen molar-refractivity contribution in [3.8, 4) is 0 Å². The molecule has 1 saturated heterocycles. The Balaban J connectivity index is 1.70. The molecular weight excluding hydrogens is 357 g/mol. The lowest BCUT2D eigenvalue weighted by molar-refractivity contribution is 0.0746. The Morgan fingerprint density at radius 3 is 2.12 bits per heavy atom. The van der Waals surface area contributed by atoms with E-state index >= 15 is 0 Å². The predicted molar refractivity (Wildman–Crippen MR) is 90.9 cm³/mol. The number of nitrogens with zero attached hydrogens (tertiary/aromatic N) is 2. The summed E-state index contributed by atoms with van der Waals surface area (Å²) < 4.78 is 27.7. The molecule has 0 atom stereocenters. The van der Waals surface area contributed by atoms with Crippen LogP contribution in [0, 0.1) is 11.6 Å². The summed E-state index contributed by atoms with van der Waals surface area (Å²) in [5, 5.41) is 0.697. The van der Waals surface area contributed by atoms with E-state index in [4.69, 9.17) is 23.2 Å². The highest BCUT2D eigenvalue weighted by Crippen LogP contribution is 2.26. The molecule has 0 unspecified atom stereocenters. The first-order chi connectivity index (χ1) is 11.5. The smallest absolute Gasteiger partial charge is 0.254 e. The van der Waals surface area contributed by atoms with Crippen LogP contribution < -0.4 is 4.90 Å². The minimum absolute atomic E-state index is 0.0425. The van der Waals surface area contributed by atoms with Crippen molar-refractivity contribution in [3.63, 3.8) is 0 Å². The lowest BCUT2D eigenvalue weighted by Gasteiger charge is -2.36. The number of anilines is 1. The third-order valence-electron chi connectivity index (χ3n) is 3.99. The molecule has 0 radical (unpaired) electrons. The molecule has 2 aromatic carbocycles. The van der Waals surface area contributed by atoms with Crippen LogP contribution in [-0.2, 0) is 0 Å². The molecule has 1 fully saturated rings. The fraction of sp³-hybridized carbons (Fsp3) is 0.235. The van der Waals surface area contributed by atoms with E-state index in [1.54, 1.807) is 21.9 Å². The molecule has 1 heterocycles. The molecule has 0 aromatic heterocycles. The molecule has 0 aliphatic carbocycles. The monoisotopic (exact) mass is 370 g/mol. The van der Waals surface area contributed by atoms with E-state index < -0.39 is 11.6 Å². The summed E-state index contributed by atoms with van der Waals surface area (Å²) in [5.41, 5.74) is 0.397. The molecule has 24 heavy (non-hydrogen) atoms. The van der Waals surface area contributed by atoms with Gasteiger partial charge >= 0.3 is 0 Å². The number of amides is 1. The van der Waals surface area contributed by atoms with Gasteiger partial charge in [0, 0.05) is 31.7 Å². The zero-order valence-electron chi connectivity index (χ0n) is 12.6. The Hall–Kier alpha value is -1.85. The number of benzene rings is 2. The van der Waals surface area contributed by atoms with Crippen LogP contribution in [0.15, 0.2) is 36.4 Å². The fourth-order valence-corrected chi connectivity index (χ4v) is 3.03. The average molecular weight is 371 g/mol. The van der Waals surface area contributed by atoms with Crippen molar-refractivity contribution in [1.29, 1.82) is 0 Å². The summed E-state index contributed by atoms with van der Waals surface area (Å²) in [6.07, 6.45) is 0. The van der Waals surface area contributed by atoms with E-state index in [-0.39, 0.29) is 11.6 Å². The van der Waals surface area contributed by atoms with Crippen LogP contribution in [0.3, 0.4) is 0 Å². The molecule has 3 rings (SSSR count). The molecule has 1 amide bonds. The second-order valence-electron chi connectivity index (χ2n) is 5.48. The van der Waals surface area contributed by atoms with E-state index in [2.05, 4.69) is 0 Å². The van der Waals surface area contributed by atoms with Gasteiger partial charge in [-0.2, -0.15) is 0 Å². The number of carbonyl (C=O) groups is 1. The number of rotatable bonds is 2. The Morgan fingerprint density at radius 1 is 0.917 bits per heavy atom. The van der Waals surface area contributed by atoms with Gasteiger partial charge in [-0.25, -0.2) is 8.78 Å². The highest BCUT2D eigenvalue weighted by atomic mass is 35.5. The van der Waals surface area contributed by atoms with Crippen molar-refractivity contribution < 1.29 is 13.6 Å². The first kappa shape index (κ1) is 17.0. The maximum atomic E-state index is 13.8. The quantitative estimate of drug-likeness (QED) is 0.789. The minimum atomic E-state index is -0.598. The lowest BCUT2D eigenvalue weighted by atomic mass is 10.1.